The van der Waals surface area contributed by atoms with Crippen molar-refractivity contribution in [3.05, 3.63) is 47.4 Å². The van der Waals surface area contributed by atoms with Gasteiger partial charge in [-0.05, 0) is 11.6 Å². The van der Waals surface area contributed by atoms with Gasteiger partial charge in [-0.1, -0.05) is 30.3 Å². The molecule has 8 heteroatoms. The van der Waals surface area contributed by atoms with Gasteiger partial charge in [-0.3, -0.25) is 4.79 Å². The van der Waals surface area contributed by atoms with Crippen molar-refractivity contribution < 1.29 is 22.5 Å². The molecule has 0 spiro atoms. The van der Waals surface area contributed by atoms with E-state index in [1.807, 2.05) is 0 Å². The molecule has 1 amide bonds. The fourth-order valence-electron chi connectivity index (χ4n) is 2.75. The van der Waals surface area contributed by atoms with E-state index in [1.54, 1.807) is 13.0 Å². The van der Waals surface area contributed by atoms with E-state index < -0.39 is 36.7 Å². The van der Waals surface area contributed by atoms with Gasteiger partial charge >= 0.3 is 0 Å². The maximum atomic E-state index is 13.8. The van der Waals surface area contributed by atoms with Crippen LogP contribution >= 0.6 is 0 Å². The Labute approximate surface area is 136 Å². The number of benzene rings is 1. The van der Waals surface area contributed by atoms with Crippen molar-refractivity contribution >= 4 is 5.91 Å². The quantitative estimate of drug-likeness (QED) is 0.859. The molecule has 1 fully saturated rings. The third-order valence-electron chi connectivity index (χ3n) is 3.97. The summed E-state index contributed by atoms with van der Waals surface area (Å²) >= 11 is 0. The second kappa shape index (κ2) is 6.26. The van der Waals surface area contributed by atoms with E-state index in [9.17, 15) is 18.0 Å². The molecule has 3 rings (SSSR count). The van der Waals surface area contributed by atoms with Crippen LogP contribution < -0.4 is 0 Å². The van der Waals surface area contributed by atoms with Crippen molar-refractivity contribution in [1.82, 2.24) is 15.0 Å². The first-order valence-corrected chi connectivity index (χ1v) is 7.63. The molecule has 1 saturated heterocycles. The Bertz CT molecular complexity index is 748. The van der Waals surface area contributed by atoms with Gasteiger partial charge in [0.05, 0.1) is 13.0 Å². The molecule has 0 saturated carbocycles. The average molecular weight is 339 g/mol. The maximum Gasteiger partial charge on any atom is 0.267 e. The van der Waals surface area contributed by atoms with Crippen LogP contribution in [0.2, 0.25) is 0 Å². The molecule has 128 valence electrons. The molecule has 1 atom stereocenters. The fourth-order valence-corrected chi connectivity index (χ4v) is 2.75. The first-order chi connectivity index (χ1) is 11.4. The monoisotopic (exact) mass is 339 g/mol. The predicted octanol–water partition coefficient (Wildman–Crippen LogP) is 2.92. The number of rotatable bonds is 4. The normalized spacial score (nSPS) is 19.7. The van der Waals surface area contributed by atoms with Gasteiger partial charge in [-0.2, -0.15) is 4.98 Å². The lowest BCUT2D eigenvalue weighted by molar-refractivity contribution is -0.133. The minimum absolute atomic E-state index is 0.00842. The molecule has 2 aromatic rings. The highest BCUT2D eigenvalue weighted by Crippen LogP contribution is 2.40. The van der Waals surface area contributed by atoms with Gasteiger partial charge in [0.15, 0.2) is 5.82 Å². The van der Waals surface area contributed by atoms with Gasteiger partial charge in [0.25, 0.3) is 5.92 Å². The first kappa shape index (κ1) is 16.5. The standard InChI is InChI=1S/C16H16F3N3O2/c1-2-13-20-15(24-21-13)12-8-16(18,19)9-22(12)14(23)7-10-5-3-4-6-11(10)17/h3-6,12H,2,7-9H2,1H3/t12-/m0/s1. The molecule has 24 heavy (non-hydrogen) atoms. The Morgan fingerprint density at radius 3 is 2.83 bits per heavy atom. The summed E-state index contributed by atoms with van der Waals surface area (Å²) in [5.74, 6) is -3.80. The summed E-state index contributed by atoms with van der Waals surface area (Å²) in [4.78, 5) is 17.5. The molecule has 2 heterocycles. The van der Waals surface area contributed by atoms with E-state index in [1.165, 1.54) is 18.2 Å². The number of amides is 1. The lowest BCUT2D eigenvalue weighted by Crippen LogP contribution is -2.34. The number of aryl methyl sites for hydroxylation is 1. The second-order valence-corrected chi connectivity index (χ2v) is 5.77. The second-order valence-electron chi connectivity index (χ2n) is 5.77. The van der Waals surface area contributed by atoms with Gasteiger partial charge in [-0.25, -0.2) is 13.2 Å². The molecule has 1 aliphatic rings. The number of carbonyl (C=O) groups excluding carboxylic acids is 1. The molecule has 1 aliphatic heterocycles. The Hall–Kier alpha value is -2.38. The van der Waals surface area contributed by atoms with E-state index in [4.69, 9.17) is 4.52 Å². The van der Waals surface area contributed by atoms with E-state index in [-0.39, 0.29) is 17.9 Å². The van der Waals surface area contributed by atoms with Crippen LogP contribution in [0.25, 0.3) is 0 Å². The Kier molecular flexibility index (Phi) is 4.29. The van der Waals surface area contributed by atoms with Crippen LogP contribution in [0.3, 0.4) is 0 Å². The van der Waals surface area contributed by atoms with Crippen molar-refractivity contribution in [2.45, 2.75) is 38.2 Å². The Morgan fingerprint density at radius 2 is 2.17 bits per heavy atom. The molecule has 0 bridgehead atoms. The molecule has 0 aliphatic carbocycles. The SMILES string of the molecule is CCc1noc([C@@H]2CC(F)(F)CN2C(=O)Cc2ccccc2F)n1. The van der Waals surface area contributed by atoms with Gasteiger partial charge in [0.2, 0.25) is 11.8 Å². The van der Waals surface area contributed by atoms with Crippen molar-refractivity contribution in [2.75, 3.05) is 6.54 Å². The summed E-state index contributed by atoms with van der Waals surface area (Å²) in [6.45, 7) is 1.06. The fraction of sp³-hybridized carbons (Fsp3) is 0.438. The smallest absolute Gasteiger partial charge is 0.267 e. The van der Waals surface area contributed by atoms with Crippen molar-refractivity contribution in [2.24, 2.45) is 0 Å². The van der Waals surface area contributed by atoms with E-state index in [0.717, 1.165) is 4.90 Å². The first-order valence-electron chi connectivity index (χ1n) is 7.63. The number of halogens is 3. The van der Waals surface area contributed by atoms with Gasteiger partial charge in [0, 0.05) is 12.8 Å². The minimum Gasteiger partial charge on any atom is -0.337 e. The molecule has 0 radical (unpaired) electrons. The number of carbonyl (C=O) groups is 1. The van der Waals surface area contributed by atoms with Gasteiger partial charge in [-0.15, -0.1) is 0 Å². The van der Waals surface area contributed by atoms with Gasteiger partial charge in [0.1, 0.15) is 11.9 Å². The summed E-state index contributed by atoms with van der Waals surface area (Å²) in [5, 5.41) is 3.69. The minimum atomic E-state index is -3.05. The molecule has 0 N–H and O–H groups in total. The van der Waals surface area contributed by atoms with Crippen LogP contribution in [0.5, 0.6) is 0 Å². The zero-order valence-electron chi connectivity index (χ0n) is 13.0. The molecule has 1 aromatic heterocycles. The van der Waals surface area contributed by atoms with Crippen molar-refractivity contribution in [1.29, 1.82) is 0 Å². The third-order valence-corrected chi connectivity index (χ3v) is 3.97. The van der Waals surface area contributed by atoms with Gasteiger partial charge < -0.3 is 9.42 Å². The molecular formula is C16H16F3N3O2. The van der Waals surface area contributed by atoms with Crippen LogP contribution in [0.4, 0.5) is 13.2 Å². The number of hydrogen-bond acceptors (Lipinski definition) is 4. The number of hydrogen-bond donors (Lipinski definition) is 0. The lowest BCUT2D eigenvalue weighted by Gasteiger charge is -2.21. The Balaban J connectivity index is 1.83. The van der Waals surface area contributed by atoms with Crippen LogP contribution in [0.1, 0.15) is 36.7 Å². The average Bonchev–Trinajstić information content (AvgIpc) is 3.13. The van der Waals surface area contributed by atoms with E-state index >= 15 is 0 Å². The molecule has 0 unspecified atom stereocenters. The summed E-state index contributed by atoms with van der Waals surface area (Å²) in [5.41, 5.74) is 0.163. The zero-order valence-corrected chi connectivity index (χ0v) is 13.0. The number of aromatic nitrogens is 2. The van der Waals surface area contributed by atoms with Crippen LogP contribution in [-0.4, -0.2) is 33.4 Å². The summed E-state index contributed by atoms with van der Waals surface area (Å²) < 4.78 is 46.4. The van der Waals surface area contributed by atoms with E-state index in [0.29, 0.717) is 12.2 Å². The molecular weight excluding hydrogens is 323 g/mol. The summed E-state index contributed by atoms with van der Waals surface area (Å²) in [7, 11) is 0. The van der Waals surface area contributed by atoms with Crippen LogP contribution in [0.15, 0.2) is 28.8 Å². The van der Waals surface area contributed by atoms with Crippen LogP contribution in [-0.2, 0) is 17.6 Å². The van der Waals surface area contributed by atoms with Crippen molar-refractivity contribution in [3.63, 3.8) is 0 Å². The lowest BCUT2D eigenvalue weighted by atomic mass is 10.1. The highest BCUT2D eigenvalue weighted by Gasteiger charge is 2.49. The maximum absolute atomic E-state index is 13.8. The zero-order chi connectivity index (χ0) is 17.3. The number of likely N-dealkylation sites (tertiary alicyclic amines) is 1. The summed E-state index contributed by atoms with van der Waals surface area (Å²) in [6.07, 6.45) is -0.384. The summed E-state index contributed by atoms with van der Waals surface area (Å²) in [6, 6.07) is 4.78. The van der Waals surface area contributed by atoms with Crippen LogP contribution in [0, 0.1) is 5.82 Å². The largest absolute Gasteiger partial charge is 0.337 e. The number of nitrogens with zero attached hydrogens (tertiary/aromatic N) is 3. The van der Waals surface area contributed by atoms with E-state index in [2.05, 4.69) is 10.1 Å². The molecule has 5 nitrogen and oxygen atoms in total. The third kappa shape index (κ3) is 3.27. The number of alkyl halides is 2. The topological polar surface area (TPSA) is 59.2 Å². The highest BCUT2D eigenvalue weighted by atomic mass is 19.3. The predicted molar refractivity (Wildman–Crippen MR) is 77.8 cm³/mol. The Morgan fingerprint density at radius 1 is 1.42 bits per heavy atom. The highest BCUT2D eigenvalue weighted by molar-refractivity contribution is 5.79. The van der Waals surface area contributed by atoms with Crippen molar-refractivity contribution in [3.8, 4) is 0 Å². The molecule has 1 aromatic carbocycles.